The van der Waals surface area contributed by atoms with Crippen LogP contribution >= 0.6 is 11.3 Å². The number of anilines is 1. The third kappa shape index (κ3) is 3.63. The number of carbonyl (C=O) groups excluding carboxylic acids is 1. The zero-order valence-corrected chi connectivity index (χ0v) is 15.5. The van der Waals surface area contributed by atoms with E-state index in [0.29, 0.717) is 11.0 Å². The van der Waals surface area contributed by atoms with E-state index < -0.39 is 0 Å². The highest BCUT2D eigenvalue weighted by Crippen LogP contribution is 2.29. The number of hydrogen-bond donors (Lipinski definition) is 1. The van der Waals surface area contributed by atoms with Gasteiger partial charge >= 0.3 is 0 Å². The lowest BCUT2D eigenvalue weighted by molar-refractivity contribution is -0.116. The number of fused-ring (bicyclic) bond motifs is 1. The molecule has 0 atom stereocenters. The predicted octanol–water partition coefficient (Wildman–Crippen LogP) is 2.91. The van der Waals surface area contributed by atoms with Crippen LogP contribution in [0.5, 0.6) is 5.75 Å². The first-order chi connectivity index (χ1) is 13.1. The lowest BCUT2D eigenvalue weighted by Gasteiger charge is -2.05. The summed E-state index contributed by atoms with van der Waals surface area (Å²) < 4.78 is 7.62. The third-order valence-corrected chi connectivity index (χ3v) is 4.91. The second kappa shape index (κ2) is 7.12. The lowest BCUT2D eigenvalue weighted by Crippen LogP contribution is -2.20. The van der Waals surface area contributed by atoms with Crippen LogP contribution in [0.2, 0.25) is 0 Å². The van der Waals surface area contributed by atoms with E-state index in [1.807, 2.05) is 49.4 Å². The van der Waals surface area contributed by atoms with Gasteiger partial charge < -0.3 is 10.1 Å². The number of ether oxygens (including phenoxy) is 1. The third-order valence-electron chi connectivity index (χ3n) is 3.98. The van der Waals surface area contributed by atoms with E-state index in [0.717, 1.165) is 27.1 Å². The minimum atomic E-state index is -0.248. The quantitative estimate of drug-likeness (QED) is 0.572. The molecule has 4 rings (SSSR count). The number of rotatable bonds is 5. The van der Waals surface area contributed by atoms with Gasteiger partial charge in [0.05, 0.1) is 17.3 Å². The molecule has 1 amide bonds. The van der Waals surface area contributed by atoms with Crippen molar-refractivity contribution >= 4 is 32.6 Å². The van der Waals surface area contributed by atoms with Crippen LogP contribution in [0.15, 0.2) is 42.5 Å². The largest absolute Gasteiger partial charge is 0.497 e. The number of nitrogens with zero attached hydrogens (tertiary/aromatic N) is 5. The summed E-state index contributed by atoms with van der Waals surface area (Å²) in [4.78, 5) is 16.8. The molecule has 0 saturated carbocycles. The number of carbonyl (C=O) groups is 1. The number of tetrazole rings is 1. The maximum Gasteiger partial charge on any atom is 0.248 e. The van der Waals surface area contributed by atoms with Gasteiger partial charge in [-0.1, -0.05) is 41.2 Å². The van der Waals surface area contributed by atoms with Gasteiger partial charge in [0.25, 0.3) is 0 Å². The Hall–Kier alpha value is -3.33. The molecule has 0 aliphatic heterocycles. The van der Waals surface area contributed by atoms with E-state index in [1.165, 1.54) is 16.0 Å². The molecule has 1 N–H and O–H groups in total. The first kappa shape index (κ1) is 17.1. The van der Waals surface area contributed by atoms with Gasteiger partial charge in [-0.15, -0.1) is 5.10 Å². The van der Waals surface area contributed by atoms with E-state index in [9.17, 15) is 4.79 Å². The summed E-state index contributed by atoms with van der Waals surface area (Å²) in [6.07, 6.45) is 0. The summed E-state index contributed by atoms with van der Waals surface area (Å²) in [5.41, 5.74) is 2.80. The zero-order valence-electron chi connectivity index (χ0n) is 14.7. The Morgan fingerprint density at radius 2 is 2.04 bits per heavy atom. The number of thiazole rings is 1. The van der Waals surface area contributed by atoms with Crippen molar-refractivity contribution in [3.05, 3.63) is 48.0 Å². The van der Waals surface area contributed by atoms with Crippen LogP contribution in [0.3, 0.4) is 0 Å². The fourth-order valence-corrected chi connectivity index (χ4v) is 3.51. The molecule has 0 unspecified atom stereocenters. The second-order valence-corrected chi connectivity index (χ2v) is 6.96. The molecule has 0 aliphatic carbocycles. The standard InChI is InChI=1S/C18H16N6O2S/c1-11-3-5-12(6-4-11)17-21-22-23-24(17)10-16(25)20-18-19-14-8-7-13(26-2)9-15(14)27-18/h3-9H,10H2,1-2H3,(H,19,20,25). The van der Waals surface area contributed by atoms with Gasteiger partial charge in [-0.3, -0.25) is 4.79 Å². The number of nitrogens with one attached hydrogen (secondary N) is 1. The molecule has 0 aliphatic rings. The molecule has 0 spiro atoms. The van der Waals surface area contributed by atoms with E-state index in [4.69, 9.17) is 4.74 Å². The van der Waals surface area contributed by atoms with Crippen molar-refractivity contribution < 1.29 is 9.53 Å². The van der Waals surface area contributed by atoms with Crippen LogP contribution in [0.4, 0.5) is 5.13 Å². The molecule has 0 radical (unpaired) electrons. The monoisotopic (exact) mass is 380 g/mol. The van der Waals surface area contributed by atoms with Crippen molar-refractivity contribution in [2.45, 2.75) is 13.5 Å². The van der Waals surface area contributed by atoms with Crippen LogP contribution in [-0.4, -0.2) is 38.2 Å². The summed E-state index contributed by atoms with van der Waals surface area (Å²) in [7, 11) is 1.61. The molecule has 27 heavy (non-hydrogen) atoms. The molecule has 2 aromatic heterocycles. The van der Waals surface area contributed by atoms with Crippen molar-refractivity contribution in [3.63, 3.8) is 0 Å². The maximum atomic E-state index is 12.4. The van der Waals surface area contributed by atoms with Crippen molar-refractivity contribution in [1.82, 2.24) is 25.2 Å². The number of aryl methyl sites for hydroxylation is 1. The molecule has 8 nitrogen and oxygen atoms in total. The molecule has 0 bridgehead atoms. The summed E-state index contributed by atoms with van der Waals surface area (Å²) >= 11 is 1.39. The minimum Gasteiger partial charge on any atom is -0.497 e. The Balaban J connectivity index is 1.50. The van der Waals surface area contributed by atoms with Crippen LogP contribution in [0.25, 0.3) is 21.6 Å². The maximum absolute atomic E-state index is 12.4. The van der Waals surface area contributed by atoms with Crippen molar-refractivity contribution in [2.75, 3.05) is 12.4 Å². The fraction of sp³-hybridized carbons (Fsp3) is 0.167. The van der Waals surface area contributed by atoms with Gasteiger partial charge in [0.15, 0.2) is 11.0 Å². The minimum absolute atomic E-state index is 0.00451. The Morgan fingerprint density at radius 3 is 2.81 bits per heavy atom. The normalized spacial score (nSPS) is 10.9. The molecule has 2 heterocycles. The average Bonchev–Trinajstić information content (AvgIpc) is 3.27. The number of methoxy groups -OCH3 is 1. The predicted molar refractivity (Wildman–Crippen MR) is 103 cm³/mol. The summed E-state index contributed by atoms with van der Waals surface area (Å²) in [6, 6.07) is 13.4. The van der Waals surface area contributed by atoms with Gasteiger partial charge in [-0.05, 0) is 35.5 Å². The molecule has 136 valence electrons. The average molecular weight is 380 g/mol. The van der Waals surface area contributed by atoms with E-state index in [-0.39, 0.29) is 12.5 Å². The molecule has 0 fully saturated rings. The summed E-state index contributed by atoms with van der Waals surface area (Å²) in [6.45, 7) is 2.00. The SMILES string of the molecule is COc1ccc2nc(NC(=O)Cn3nnnc3-c3ccc(C)cc3)sc2c1. The first-order valence-corrected chi connectivity index (χ1v) is 9.01. The number of hydrogen-bond acceptors (Lipinski definition) is 7. The summed E-state index contributed by atoms with van der Waals surface area (Å²) in [5.74, 6) is 1.04. The van der Waals surface area contributed by atoms with E-state index >= 15 is 0 Å². The smallest absolute Gasteiger partial charge is 0.248 e. The number of amides is 1. The van der Waals surface area contributed by atoms with Gasteiger partial charge in [0.2, 0.25) is 5.91 Å². The lowest BCUT2D eigenvalue weighted by atomic mass is 10.1. The van der Waals surface area contributed by atoms with Crippen molar-refractivity contribution in [1.29, 1.82) is 0 Å². The Kier molecular flexibility index (Phi) is 4.51. The molecule has 9 heteroatoms. The van der Waals surface area contributed by atoms with Crippen LogP contribution in [0, 0.1) is 6.92 Å². The highest BCUT2D eigenvalue weighted by molar-refractivity contribution is 7.22. The van der Waals surface area contributed by atoms with Crippen molar-refractivity contribution in [2.24, 2.45) is 0 Å². The van der Waals surface area contributed by atoms with Gasteiger partial charge in [-0.2, -0.15) is 0 Å². The van der Waals surface area contributed by atoms with Gasteiger partial charge in [0, 0.05) is 5.56 Å². The Morgan fingerprint density at radius 1 is 1.22 bits per heavy atom. The topological polar surface area (TPSA) is 94.8 Å². The number of aromatic nitrogens is 5. The first-order valence-electron chi connectivity index (χ1n) is 8.20. The van der Waals surface area contributed by atoms with E-state index in [1.54, 1.807) is 7.11 Å². The second-order valence-electron chi connectivity index (χ2n) is 5.93. The van der Waals surface area contributed by atoms with Crippen LogP contribution in [-0.2, 0) is 11.3 Å². The Labute approximate surface area is 158 Å². The Bertz CT molecular complexity index is 1100. The van der Waals surface area contributed by atoms with Crippen molar-refractivity contribution in [3.8, 4) is 17.1 Å². The van der Waals surface area contributed by atoms with E-state index in [2.05, 4.69) is 25.8 Å². The van der Waals surface area contributed by atoms with Crippen LogP contribution < -0.4 is 10.1 Å². The molecule has 2 aromatic carbocycles. The summed E-state index contributed by atoms with van der Waals surface area (Å²) in [5, 5.41) is 15.0. The molecule has 4 aromatic rings. The van der Waals surface area contributed by atoms with Gasteiger partial charge in [-0.25, -0.2) is 9.67 Å². The highest BCUT2D eigenvalue weighted by Gasteiger charge is 2.14. The van der Waals surface area contributed by atoms with Crippen LogP contribution in [0.1, 0.15) is 5.56 Å². The zero-order chi connectivity index (χ0) is 18.8. The molecule has 0 saturated heterocycles. The highest BCUT2D eigenvalue weighted by atomic mass is 32.1. The van der Waals surface area contributed by atoms with Gasteiger partial charge in [0.1, 0.15) is 12.3 Å². The molecular formula is C18H16N6O2S. The number of benzene rings is 2. The molecular weight excluding hydrogens is 364 g/mol. The fourth-order valence-electron chi connectivity index (χ4n) is 2.60.